The first-order chi connectivity index (χ1) is 14.3. The van der Waals surface area contributed by atoms with E-state index in [1.165, 1.54) is 0 Å². The lowest BCUT2D eigenvalue weighted by Crippen LogP contribution is -2.49. The highest BCUT2D eigenvalue weighted by atomic mass is 32.2. The monoisotopic (exact) mass is 425 g/mol. The van der Waals surface area contributed by atoms with Gasteiger partial charge in [-0.15, -0.1) is 0 Å². The molecule has 0 N–H and O–H groups in total. The average Bonchev–Trinajstić information content (AvgIpc) is 3.04. The molecular formula is C22H27N5O2S. The molecule has 30 heavy (non-hydrogen) atoms. The number of pyridine rings is 1. The molecule has 4 rings (SSSR count). The van der Waals surface area contributed by atoms with Crippen LogP contribution in [-0.4, -0.2) is 53.7 Å². The quantitative estimate of drug-likeness (QED) is 0.643. The summed E-state index contributed by atoms with van der Waals surface area (Å²) in [6.07, 6.45) is 1.75. The molecular weight excluding hydrogens is 398 g/mol. The number of aryl methyl sites for hydroxylation is 3. The molecule has 1 saturated heterocycles. The summed E-state index contributed by atoms with van der Waals surface area (Å²) >= 11 is 0. The van der Waals surface area contributed by atoms with Crippen LogP contribution in [0.25, 0.3) is 5.82 Å². The number of hydrogen-bond donors (Lipinski definition) is 0. The van der Waals surface area contributed by atoms with Crippen molar-refractivity contribution in [2.24, 2.45) is 0 Å². The van der Waals surface area contributed by atoms with Gasteiger partial charge < -0.3 is 4.90 Å². The molecule has 0 saturated carbocycles. The first kappa shape index (κ1) is 20.6. The van der Waals surface area contributed by atoms with E-state index in [1.54, 1.807) is 22.6 Å². The summed E-state index contributed by atoms with van der Waals surface area (Å²) in [7, 11) is -3.49. The molecule has 0 amide bonds. The van der Waals surface area contributed by atoms with E-state index in [-0.39, 0.29) is 0 Å². The van der Waals surface area contributed by atoms with E-state index in [0.717, 1.165) is 34.0 Å². The van der Waals surface area contributed by atoms with Gasteiger partial charge in [0.15, 0.2) is 5.82 Å². The van der Waals surface area contributed by atoms with Gasteiger partial charge in [0.2, 0.25) is 10.0 Å². The van der Waals surface area contributed by atoms with Gasteiger partial charge in [-0.25, -0.2) is 18.1 Å². The number of hydrogen-bond acceptors (Lipinski definition) is 5. The van der Waals surface area contributed by atoms with Crippen LogP contribution < -0.4 is 4.90 Å². The van der Waals surface area contributed by atoms with Crippen molar-refractivity contribution < 1.29 is 8.42 Å². The molecule has 0 atom stereocenters. The number of rotatable bonds is 4. The fourth-order valence-electron chi connectivity index (χ4n) is 3.97. The van der Waals surface area contributed by atoms with Crippen molar-refractivity contribution in [3.8, 4) is 5.82 Å². The summed E-state index contributed by atoms with van der Waals surface area (Å²) in [6.45, 7) is 10.1. The Bertz CT molecular complexity index is 1160. The molecule has 3 heterocycles. The fraction of sp³-hybridized carbons (Fsp3) is 0.364. The lowest BCUT2D eigenvalue weighted by Gasteiger charge is -2.35. The molecule has 158 valence electrons. The minimum absolute atomic E-state index is 0.370. The Morgan fingerprint density at radius 2 is 1.63 bits per heavy atom. The summed E-state index contributed by atoms with van der Waals surface area (Å²) in [5, 5.41) is 4.67. The third kappa shape index (κ3) is 3.61. The van der Waals surface area contributed by atoms with Gasteiger partial charge in [0.05, 0.1) is 22.0 Å². The van der Waals surface area contributed by atoms with Gasteiger partial charge in [0.1, 0.15) is 0 Å². The van der Waals surface area contributed by atoms with Crippen molar-refractivity contribution in [3.05, 3.63) is 65.1 Å². The number of anilines is 1. The molecule has 2 aromatic heterocycles. The van der Waals surface area contributed by atoms with Gasteiger partial charge >= 0.3 is 0 Å². The highest BCUT2D eigenvalue weighted by Gasteiger charge is 2.30. The lowest BCUT2D eigenvalue weighted by molar-refractivity contribution is 0.384. The van der Waals surface area contributed by atoms with Crippen LogP contribution >= 0.6 is 0 Å². The first-order valence-corrected chi connectivity index (χ1v) is 11.5. The predicted molar refractivity (Wildman–Crippen MR) is 118 cm³/mol. The molecule has 8 heteroatoms. The van der Waals surface area contributed by atoms with Gasteiger partial charge in [-0.2, -0.15) is 9.40 Å². The second-order valence-electron chi connectivity index (χ2n) is 7.76. The van der Waals surface area contributed by atoms with Gasteiger partial charge in [-0.05, 0) is 63.1 Å². The number of nitrogens with zero attached hydrogens (tertiary/aromatic N) is 5. The van der Waals surface area contributed by atoms with E-state index in [4.69, 9.17) is 0 Å². The molecule has 0 bridgehead atoms. The van der Waals surface area contributed by atoms with E-state index < -0.39 is 10.0 Å². The Labute approximate surface area is 178 Å². The van der Waals surface area contributed by atoms with Crippen LogP contribution in [0, 0.1) is 27.7 Å². The van der Waals surface area contributed by atoms with Crippen molar-refractivity contribution in [1.29, 1.82) is 0 Å². The third-order valence-electron chi connectivity index (χ3n) is 5.79. The second kappa shape index (κ2) is 7.85. The standard InChI is InChI=1S/C22H27N5O2S/c1-16-8-9-20(15-17(16)2)30(28,29)26-13-11-25(12-14-26)22-18(3)24-27(19(22)4)21-7-5-6-10-23-21/h5-10,15H,11-14H2,1-4H3. The van der Waals surface area contributed by atoms with Crippen LogP contribution in [0.2, 0.25) is 0 Å². The second-order valence-corrected chi connectivity index (χ2v) is 9.69. The van der Waals surface area contributed by atoms with Gasteiger partial charge in [-0.3, -0.25) is 0 Å². The Kier molecular flexibility index (Phi) is 5.38. The maximum absolute atomic E-state index is 13.1. The highest BCUT2D eigenvalue weighted by molar-refractivity contribution is 7.89. The van der Waals surface area contributed by atoms with E-state index in [0.29, 0.717) is 31.1 Å². The number of sulfonamides is 1. The molecule has 1 aliphatic rings. The van der Waals surface area contributed by atoms with Gasteiger partial charge in [0, 0.05) is 32.4 Å². The zero-order valence-electron chi connectivity index (χ0n) is 17.8. The molecule has 1 aromatic carbocycles. The predicted octanol–water partition coefficient (Wildman–Crippen LogP) is 3.01. The molecule has 0 aliphatic carbocycles. The molecule has 0 spiro atoms. The zero-order valence-corrected chi connectivity index (χ0v) is 18.6. The first-order valence-electron chi connectivity index (χ1n) is 10.1. The molecule has 1 aliphatic heterocycles. The molecule has 0 radical (unpaired) electrons. The molecule has 0 unspecified atom stereocenters. The summed E-state index contributed by atoms with van der Waals surface area (Å²) in [6, 6.07) is 11.1. The minimum Gasteiger partial charge on any atom is -0.366 e. The number of benzene rings is 1. The Hall–Kier alpha value is -2.71. The van der Waals surface area contributed by atoms with Crippen molar-refractivity contribution in [1.82, 2.24) is 19.1 Å². The molecule has 7 nitrogen and oxygen atoms in total. The SMILES string of the molecule is Cc1ccc(S(=O)(=O)N2CCN(c3c(C)nn(-c4ccccn4)c3C)CC2)cc1C. The number of aromatic nitrogens is 3. The topological polar surface area (TPSA) is 71.3 Å². The number of piperazine rings is 1. The lowest BCUT2D eigenvalue weighted by atomic mass is 10.1. The smallest absolute Gasteiger partial charge is 0.243 e. The van der Waals surface area contributed by atoms with E-state index in [2.05, 4.69) is 15.0 Å². The largest absolute Gasteiger partial charge is 0.366 e. The Balaban J connectivity index is 1.54. The van der Waals surface area contributed by atoms with Crippen molar-refractivity contribution in [3.63, 3.8) is 0 Å². The fourth-order valence-corrected chi connectivity index (χ4v) is 5.48. The van der Waals surface area contributed by atoms with Crippen LogP contribution in [0.15, 0.2) is 47.5 Å². The summed E-state index contributed by atoms with van der Waals surface area (Å²) in [5.74, 6) is 0.778. The van der Waals surface area contributed by atoms with Crippen LogP contribution in [0.3, 0.4) is 0 Å². The van der Waals surface area contributed by atoms with Gasteiger partial charge in [0.25, 0.3) is 0 Å². The summed E-state index contributed by atoms with van der Waals surface area (Å²) in [4.78, 5) is 6.99. The van der Waals surface area contributed by atoms with E-state index >= 15 is 0 Å². The highest BCUT2D eigenvalue weighted by Crippen LogP contribution is 2.28. The van der Waals surface area contributed by atoms with Crippen LogP contribution in [0.4, 0.5) is 5.69 Å². The van der Waals surface area contributed by atoms with E-state index in [1.807, 2.05) is 56.6 Å². The van der Waals surface area contributed by atoms with E-state index in [9.17, 15) is 8.42 Å². The molecule has 1 fully saturated rings. The van der Waals surface area contributed by atoms with Crippen molar-refractivity contribution >= 4 is 15.7 Å². The zero-order chi connectivity index (χ0) is 21.5. The Morgan fingerprint density at radius 3 is 2.27 bits per heavy atom. The van der Waals surface area contributed by atoms with Crippen LogP contribution in [0.1, 0.15) is 22.5 Å². The summed E-state index contributed by atoms with van der Waals surface area (Å²) in [5.41, 5.74) is 5.07. The van der Waals surface area contributed by atoms with Crippen molar-refractivity contribution in [2.75, 3.05) is 31.1 Å². The Morgan fingerprint density at radius 1 is 0.900 bits per heavy atom. The minimum atomic E-state index is -3.49. The summed E-state index contributed by atoms with van der Waals surface area (Å²) < 4.78 is 29.6. The normalized spacial score (nSPS) is 15.5. The van der Waals surface area contributed by atoms with Crippen LogP contribution in [-0.2, 0) is 10.0 Å². The van der Waals surface area contributed by atoms with Crippen molar-refractivity contribution in [2.45, 2.75) is 32.6 Å². The molecule has 3 aromatic rings. The maximum atomic E-state index is 13.1. The third-order valence-corrected chi connectivity index (χ3v) is 7.69. The van der Waals surface area contributed by atoms with Crippen LogP contribution in [0.5, 0.6) is 0 Å². The maximum Gasteiger partial charge on any atom is 0.243 e. The average molecular weight is 426 g/mol. The van der Waals surface area contributed by atoms with Gasteiger partial charge in [-0.1, -0.05) is 12.1 Å².